The van der Waals surface area contributed by atoms with Crippen molar-refractivity contribution in [2.75, 3.05) is 24.4 Å². The Labute approximate surface area is 121 Å². The molecule has 0 bridgehead atoms. The summed E-state index contributed by atoms with van der Waals surface area (Å²) in [6.07, 6.45) is 1.57. The molecule has 0 aliphatic rings. The molecular formula is C14H23N4OP. The van der Waals surface area contributed by atoms with E-state index in [0.717, 1.165) is 11.0 Å². The highest BCUT2D eigenvalue weighted by Gasteiger charge is 2.15. The Morgan fingerprint density at radius 3 is 2.40 bits per heavy atom. The molecule has 5 nitrogen and oxygen atoms in total. The predicted molar refractivity (Wildman–Crippen MR) is 88.7 cm³/mol. The third kappa shape index (κ3) is 4.35. The molecular weight excluding hydrogens is 271 g/mol. The summed E-state index contributed by atoms with van der Waals surface area (Å²) >= 11 is 0. The van der Waals surface area contributed by atoms with Crippen LogP contribution in [0, 0.1) is 0 Å². The number of nitrogen functional groups attached to an aromatic ring is 1. The lowest BCUT2D eigenvalue weighted by atomic mass is 10.3. The number of nitrogens with one attached hydrogen (secondary N) is 1. The molecule has 1 aromatic heterocycles. The number of hydrogen-bond donors (Lipinski definition) is 2. The summed E-state index contributed by atoms with van der Waals surface area (Å²) in [7, 11) is -2.34. The Hall–Kier alpha value is -1.87. The number of anilines is 3. The predicted octanol–water partition coefficient (Wildman–Crippen LogP) is 3.32. The second-order valence-corrected chi connectivity index (χ2v) is 7.48. The van der Waals surface area contributed by atoms with Crippen molar-refractivity contribution in [3.8, 4) is 0 Å². The van der Waals surface area contributed by atoms with Gasteiger partial charge in [-0.2, -0.15) is 4.98 Å². The minimum atomic E-state index is -2.34. The van der Waals surface area contributed by atoms with Gasteiger partial charge in [-0.15, -0.1) is 0 Å². The van der Waals surface area contributed by atoms with Crippen molar-refractivity contribution in [1.29, 1.82) is 0 Å². The van der Waals surface area contributed by atoms with E-state index in [9.17, 15) is 4.57 Å². The van der Waals surface area contributed by atoms with E-state index in [0.29, 0.717) is 5.82 Å². The zero-order valence-corrected chi connectivity index (χ0v) is 11.2. The first-order chi connectivity index (χ1) is 8.47. The summed E-state index contributed by atoms with van der Waals surface area (Å²) in [4.78, 5) is 7.88. The van der Waals surface area contributed by atoms with Gasteiger partial charge in [0.2, 0.25) is 5.95 Å². The van der Waals surface area contributed by atoms with Crippen LogP contribution in [0.5, 0.6) is 0 Å². The Balaban J connectivity index is 0.00000180. The average molecular weight is 294 g/mol. The highest BCUT2D eigenvalue weighted by atomic mass is 31.2. The van der Waals surface area contributed by atoms with Gasteiger partial charge in [0.05, 0.1) is 5.69 Å². The third-order valence-corrected chi connectivity index (χ3v) is 3.97. The molecule has 0 spiro atoms. The number of para-hydroxylation sites is 1. The zero-order chi connectivity index (χ0) is 13.2. The van der Waals surface area contributed by atoms with E-state index >= 15 is 0 Å². The first kappa shape index (κ1) is 18.1. The summed E-state index contributed by atoms with van der Waals surface area (Å²) in [5.74, 6) is 0.789. The number of rotatable bonds is 3. The van der Waals surface area contributed by atoms with Crippen LogP contribution in [0.3, 0.4) is 0 Å². The fourth-order valence-electron chi connectivity index (χ4n) is 1.63. The minimum Gasteiger partial charge on any atom is -0.368 e. The summed E-state index contributed by atoms with van der Waals surface area (Å²) in [6.45, 7) is 3.48. The molecule has 0 aliphatic heterocycles. The molecule has 20 heavy (non-hydrogen) atoms. The fraction of sp³-hybridized carbons (Fsp3) is 0.286. The monoisotopic (exact) mass is 294 g/mol. The first-order valence-electron chi connectivity index (χ1n) is 5.47. The molecule has 0 aliphatic carbocycles. The lowest BCUT2D eigenvalue weighted by Gasteiger charge is -2.14. The number of hydrogen-bond acceptors (Lipinski definition) is 5. The highest BCUT2D eigenvalue weighted by molar-refractivity contribution is 7.70. The smallest absolute Gasteiger partial charge is 0.221 e. The average Bonchev–Trinajstić information content (AvgIpc) is 2.28. The van der Waals surface area contributed by atoms with Crippen molar-refractivity contribution in [2.45, 2.75) is 14.9 Å². The van der Waals surface area contributed by atoms with Gasteiger partial charge in [0.25, 0.3) is 0 Å². The molecule has 1 aromatic carbocycles. The van der Waals surface area contributed by atoms with Crippen molar-refractivity contribution >= 4 is 29.9 Å². The van der Waals surface area contributed by atoms with Crippen molar-refractivity contribution in [3.05, 3.63) is 36.5 Å². The molecule has 0 atom stereocenters. The highest BCUT2D eigenvalue weighted by Crippen LogP contribution is 2.38. The molecule has 2 rings (SSSR count). The Kier molecular flexibility index (Phi) is 6.40. The Morgan fingerprint density at radius 2 is 1.80 bits per heavy atom. The molecule has 6 heteroatoms. The molecule has 0 saturated heterocycles. The van der Waals surface area contributed by atoms with Gasteiger partial charge in [0, 0.05) is 11.5 Å². The SMILES string of the molecule is C.C.CP(C)(=O)c1ccccc1Nc1ccnc(N)n1. The van der Waals surface area contributed by atoms with Crippen LogP contribution in [0.4, 0.5) is 17.5 Å². The van der Waals surface area contributed by atoms with Crippen LogP contribution in [0.2, 0.25) is 0 Å². The van der Waals surface area contributed by atoms with E-state index in [-0.39, 0.29) is 20.8 Å². The summed E-state index contributed by atoms with van der Waals surface area (Å²) in [5.41, 5.74) is 6.30. The van der Waals surface area contributed by atoms with E-state index in [1.807, 2.05) is 24.3 Å². The largest absolute Gasteiger partial charge is 0.368 e. The van der Waals surface area contributed by atoms with Gasteiger partial charge < -0.3 is 15.6 Å². The van der Waals surface area contributed by atoms with Crippen LogP contribution in [0.1, 0.15) is 14.9 Å². The molecule has 0 fully saturated rings. The number of aromatic nitrogens is 2. The summed E-state index contributed by atoms with van der Waals surface area (Å²) in [6, 6.07) is 9.19. The van der Waals surface area contributed by atoms with Crippen LogP contribution in [-0.4, -0.2) is 23.3 Å². The third-order valence-electron chi connectivity index (χ3n) is 2.42. The molecule has 2 aromatic rings. The maximum Gasteiger partial charge on any atom is 0.221 e. The molecule has 3 N–H and O–H groups in total. The molecule has 1 heterocycles. The standard InChI is InChI=1S/C12H15N4OP.2CH4/c1-18(2,17)10-6-4-3-5-9(10)15-11-7-8-14-12(13)16-11;;/h3-8H,1-2H3,(H3,13,14,15,16);2*1H4. The molecule has 110 valence electrons. The van der Waals surface area contributed by atoms with E-state index in [4.69, 9.17) is 5.73 Å². The van der Waals surface area contributed by atoms with Crippen molar-refractivity contribution in [1.82, 2.24) is 9.97 Å². The maximum absolute atomic E-state index is 12.2. The van der Waals surface area contributed by atoms with Crippen molar-refractivity contribution in [2.24, 2.45) is 0 Å². The molecule has 0 radical (unpaired) electrons. The lowest BCUT2D eigenvalue weighted by Crippen LogP contribution is -2.10. The van der Waals surface area contributed by atoms with E-state index in [1.54, 1.807) is 25.6 Å². The van der Waals surface area contributed by atoms with Crippen LogP contribution in [0.25, 0.3) is 0 Å². The lowest BCUT2D eigenvalue weighted by molar-refractivity contribution is 0.588. The van der Waals surface area contributed by atoms with Crippen LogP contribution < -0.4 is 16.4 Å². The van der Waals surface area contributed by atoms with Crippen molar-refractivity contribution < 1.29 is 4.57 Å². The zero-order valence-electron chi connectivity index (χ0n) is 10.3. The fourth-order valence-corrected chi connectivity index (χ4v) is 2.79. The number of nitrogens with two attached hydrogens (primary N) is 1. The quantitative estimate of drug-likeness (QED) is 0.849. The summed E-state index contributed by atoms with van der Waals surface area (Å²) in [5, 5.41) is 3.91. The van der Waals surface area contributed by atoms with Gasteiger partial charge in [-0.3, -0.25) is 0 Å². The van der Waals surface area contributed by atoms with Crippen molar-refractivity contribution in [3.63, 3.8) is 0 Å². The van der Waals surface area contributed by atoms with Crippen LogP contribution in [-0.2, 0) is 4.57 Å². The second kappa shape index (κ2) is 7.06. The van der Waals surface area contributed by atoms with Crippen LogP contribution >= 0.6 is 7.14 Å². The normalized spacial score (nSPS) is 10.1. The van der Waals surface area contributed by atoms with Gasteiger partial charge in [0.1, 0.15) is 13.0 Å². The number of nitrogens with zero attached hydrogens (tertiary/aromatic N) is 2. The van der Waals surface area contributed by atoms with Gasteiger partial charge in [-0.25, -0.2) is 4.98 Å². The molecule has 0 unspecified atom stereocenters. The topological polar surface area (TPSA) is 80.9 Å². The first-order valence-corrected chi connectivity index (χ1v) is 8.07. The maximum atomic E-state index is 12.2. The van der Waals surface area contributed by atoms with Crippen LogP contribution in [0.15, 0.2) is 36.5 Å². The van der Waals surface area contributed by atoms with Gasteiger partial charge in [-0.05, 0) is 31.5 Å². The number of benzene rings is 1. The Bertz CT molecular complexity index is 610. The summed E-state index contributed by atoms with van der Waals surface area (Å²) < 4.78 is 12.2. The van der Waals surface area contributed by atoms with Gasteiger partial charge in [-0.1, -0.05) is 27.0 Å². The van der Waals surface area contributed by atoms with Gasteiger partial charge >= 0.3 is 0 Å². The van der Waals surface area contributed by atoms with E-state index in [2.05, 4.69) is 15.3 Å². The Morgan fingerprint density at radius 1 is 1.15 bits per heavy atom. The minimum absolute atomic E-state index is 0. The second-order valence-electron chi connectivity index (χ2n) is 4.29. The van der Waals surface area contributed by atoms with E-state index in [1.165, 1.54) is 0 Å². The molecule has 0 amide bonds. The van der Waals surface area contributed by atoms with E-state index < -0.39 is 7.14 Å². The van der Waals surface area contributed by atoms with Gasteiger partial charge in [0.15, 0.2) is 0 Å². The molecule has 0 saturated carbocycles.